The molecule has 0 bridgehead atoms. The van der Waals surface area contributed by atoms with Crippen LogP contribution in [0.25, 0.3) is 0 Å². The van der Waals surface area contributed by atoms with Crippen LogP contribution in [0.3, 0.4) is 0 Å². The number of hydrogen-bond acceptors (Lipinski definition) is 4. The molecule has 1 aromatic heterocycles. The maximum Gasteiger partial charge on any atom is 0.269 e. The highest BCUT2D eigenvalue weighted by Crippen LogP contribution is 2.19. The van der Waals surface area contributed by atoms with E-state index in [2.05, 4.69) is 15.6 Å². The van der Waals surface area contributed by atoms with E-state index < -0.39 is 0 Å². The highest BCUT2D eigenvalue weighted by Gasteiger charge is 2.08. The molecular weight excluding hydrogens is 338 g/mol. The van der Waals surface area contributed by atoms with Crippen LogP contribution in [0.1, 0.15) is 21.6 Å². The number of nitrogens with zero attached hydrogens (tertiary/aromatic N) is 1. The van der Waals surface area contributed by atoms with Gasteiger partial charge < -0.3 is 15.4 Å². The third-order valence-corrected chi connectivity index (χ3v) is 4.21. The second-order valence-corrected chi connectivity index (χ2v) is 6.09. The summed E-state index contributed by atoms with van der Waals surface area (Å²) < 4.78 is 5.36. The summed E-state index contributed by atoms with van der Waals surface area (Å²) in [5.41, 5.74) is 3.47. The Labute approximate surface area is 159 Å². The van der Waals surface area contributed by atoms with Crippen LogP contribution < -0.4 is 15.4 Å². The van der Waals surface area contributed by atoms with E-state index in [0.29, 0.717) is 18.8 Å². The number of rotatable bonds is 8. The van der Waals surface area contributed by atoms with Gasteiger partial charge >= 0.3 is 0 Å². The molecule has 0 aliphatic rings. The van der Waals surface area contributed by atoms with Gasteiger partial charge in [0.1, 0.15) is 11.4 Å². The lowest BCUT2D eigenvalue weighted by Gasteiger charge is -2.11. The van der Waals surface area contributed by atoms with Gasteiger partial charge in [-0.2, -0.15) is 0 Å². The molecule has 0 saturated carbocycles. The molecule has 0 radical (unpaired) electrons. The standard InChI is InChI=1S/C22H23N3O2/c1-27-21-10-6-5-9-18(21)16-25-19-12-14-23-20(15-19)22(26)24-13-11-17-7-3-2-4-8-17/h2-10,12,14-15H,11,13,16H2,1H3,(H,23,25)(H,24,26). The average Bonchev–Trinajstić information content (AvgIpc) is 2.73. The van der Waals surface area contributed by atoms with Crippen LogP contribution in [0.5, 0.6) is 5.75 Å². The van der Waals surface area contributed by atoms with Gasteiger partial charge in [0, 0.05) is 30.5 Å². The summed E-state index contributed by atoms with van der Waals surface area (Å²) in [6, 6.07) is 21.5. The molecule has 0 spiro atoms. The minimum absolute atomic E-state index is 0.174. The van der Waals surface area contributed by atoms with Crippen molar-refractivity contribution >= 4 is 11.6 Å². The van der Waals surface area contributed by atoms with Crippen LogP contribution in [0.15, 0.2) is 72.9 Å². The lowest BCUT2D eigenvalue weighted by molar-refractivity contribution is 0.0949. The number of carbonyl (C=O) groups excluding carboxylic acids is 1. The van der Waals surface area contributed by atoms with Gasteiger partial charge in [-0.25, -0.2) is 0 Å². The van der Waals surface area contributed by atoms with Gasteiger partial charge in [-0.3, -0.25) is 9.78 Å². The zero-order chi connectivity index (χ0) is 18.9. The highest BCUT2D eigenvalue weighted by molar-refractivity contribution is 5.93. The molecular formula is C22H23N3O2. The molecule has 5 nitrogen and oxygen atoms in total. The topological polar surface area (TPSA) is 63.2 Å². The second kappa shape index (κ2) is 9.38. The first-order chi connectivity index (χ1) is 13.3. The number of nitrogens with one attached hydrogen (secondary N) is 2. The van der Waals surface area contributed by atoms with Gasteiger partial charge in [-0.1, -0.05) is 48.5 Å². The Kier molecular flexibility index (Phi) is 6.41. The van der Waals surface area contributed by atoms with Gasteiger partial charge in [0.15, 0.2) is 0 Å². The van der Waals surface area contributed by atoms with Gasteiger partial charge in [0.25, 0.3) is 5.91 Å². The van der Waals surface area contributed by atoms with Crippen molar-refractivity contribution in [3.8, 4) is 5.75 Å². The van der Waals surface area contributed by atoms with E-state index in [1.54, 1.807) is 19.4 Å². The lowest BCUT2D eigenvalue weighted by atomic mass is 10.1. The first-order valence-electron chi connectivity index (χ1n) is 8.90. The van der Waals surface area contributed by atoms with Crippen LogP contribution in [-0.2, 0) is 13.0 Å². The molecule has 27 heavy (non-hydrogen) atoms. The smallest absolute Gasteiger partial charge is 0.269 e. The Bertz CT molecular complexity index is 881. The van der Waals surface area contributed by atoms with Gasteiger partial charge in [0.2, 0.25) is 0 Å². The van der Waals surface area contributed by atoms with Gasteiger partial charge in [-0.05, 0) is 30.2 Å². The Morgan fingerprint density at radius 3 is 2.63 bits per heavy atom. The van der Waals surface area contributed by atoms with E-state index in [4.69, 9.17) is 4.74 Å². The zero-order valence-electron chi connectivity index (χ0n) is 15.3. The van der Waals surface area contributed by atoms with Crippen molar-refractivity contribution < 1.29 is 9.53 Å². The van der Waals surface area contributed by atoms with Crippen LogP contribution >= 0.6 is 0 Å². The van der Waals surface area contributed by atoms with Crippen LogP contribution in [0.2, 0.25) is 0 Å². The molecule has 138 valence electrons. The minimum Gasteiger partial charge on any atom is -0.496 e. The van der Waals surface area contributed by atoms with Crippen LogP contribution in [0.4, 0.5) is 5.69 Å². The minimum atomic E-state index is -0.174. The predicted molar refractivity (Wildman–Crippen MR) is 107 cm³/mol. The molecule has 0 aliphatic carbocycles. The molecule has 3 aromatic rings. The second-order valence-electron chi connectivity index (χ2n) is 6.09. The van der Waals surface area contributed by atoms with E-state index in [9.17, 15) is 4.79 Å². The maximum absolute atomic E-state index is 12.3. The normalized spacial score (nSPS) is 10.3. The fourth-order valence-corrected chi connectivity index (χ4v) is 2.77. The first-order valence-corrected chi connectivity index (χ1v) is 8.90. The Morgan fingerprint density at radius 1 is 1.04 bits per heavy atom. The maximum atomic E-state index is 12.3. The number of para-hydroxylation sites is 1. The number of methoxy groups -OCH3 is 1. The van der Waals surface area contributed by atoms with Crippen molar-refractivity contribution in [3.63, 3.8) is 0 Å². The lowest BCUT2D eigenvalue weighted by Crippen LogP contribution is -2.26. The van der Waals surface area contributed by atoms with E-state index >= 15 is 0 Å². The highest BCUT2D eigenvalue weighted by atomic mass is 16.5. The Hall–Kier alpha value is -3.34. The number of anilines is 1. The predicted octanol–water partition coefficient (Wildman–Crippen LogP) is 3.67. The summed E-state index contributed by atoms with van der Waals surface area (Å²) >= 11 is 0. The molecule has 0 saturated heterocycles. The summed E-state index contributed by atoms with van der Waals surface area (Å²) in [5.74, 6) is 0.657. The van der Waals surface area contributed by atoms with Crippen molar-refractivity contribution in [2.45, 2.75) is 13.0 Å². The number of hydrogen-bond donors (Lipinski definition) is 2. The third-order valence-electron chi connectivity index (χ3n) is 4.21. The number of carbonyl (C=O) groups is 1. The van der Waals surface area contributed by atoms with Crippen molar-refractivity contribution in [2.24, 2.45) is 0 Å². The Morgan fingerprint density at radius 2 is 1.81 bits per heavy atom. The van der Waals surface area contributed by atoms with E-state index in [0.717, 1.165) is 23.4 Å². The molecule has 0 unspecified atom stereocenters. The number of benzene rings is 2. The number of pyridine rings is 1. The first kappa shape index (κ1) is 18.5. The SMILES string of the molecule is COc1ccccc1CNc1ccnc(C(=O)NCCc2ccccc2)c1. The fourth-order valence-electron chi connectivity index (χ4n) is 2.77. The molecule has 2 N–H and O–H groups in total. The molecule has 0 fully saturated rings. The van der Waals surface area contributed by atoms with Gasteiger partial charge in [0.05, 0.1) is 7.11 Å². The van der Waals surface area contributed by atoms with E-state index in [-0.39, 0.29) is 5.91 Å². The average molecular weight is 361 g/mol. The number of ether oxygens (including phenoxy) is 1. The van der Waals surface area contributed by atoms with Crippen molar-refractivity contribution in [2.75, 3.05) is 19.0 Å². The molecule has 0 atom stereocenters. The van der Waals surface area contributed by atoms with Gasteiger partial charge in [-0.15, -0.1) is 0 Å². The Balaban J connectivity index is 1.55. The summed E-state index contributed by atoms with van der Waals surface area (Å²) in [7, 11) is 1.66. The quantitative estimate of drug-likeness (QED) is 0.642. The van der Waals surface area contributed by atoms with Crippen LogP contribution in [0, 0.1) is 0 Å². The monoisotopic (exact) mass is 361 g/mol. The third kappa shape index (κ3) is 5.31. The van der Waals surface area contributed by atoms with Crippen LogP contribution in [-0.4, -0.2) is 24.5 Å². The van der Waals surface area contributed by atoms with Crippen molar-refractivity contribution in [1.82, 2.24) is 10.3 Å². The summed E-state index contributed by atoms with van der Waals surface area (Å²) in [5, 5.41) is 6.23. The fraction of sp³-hybridized carbons (Fsp3) is 0.182. The zero-order valence-corrected chi connectivity index (χ0v) is 15.3. The van der Waals surface area contributed by atoms with Crippen molar-refractivity contribution in [3.05, 3.63) is 89.7 Å². The van der Waals surface area contributed by atoms with Crippen molar-refractivity contribution in [1.29, 1.82) is 0 Å². The molecule has 3 rings (SSSR count). The molecule has 1 amide bonds. The number of aromatic nitrogens is 1. The molecule has 1 heterocycles. The summed E-state index contributed by atoms with van der Waals surface area (Å²) in [6.45, 7) is 1.17. The molecule has 2 aromatic carbocycles. The molecule has 0 aliphatic heterocycles. The van der Waals surface area contributed by atoms with E-state index in [1.165, 1.54) is 5.56 Å². The summed E-state index contributed by atoms with van der Waals surface area (Å²) in [6.07, 6.45) is 2.43. The summed E-state index contributed by atoms with van der Waals surface area (Å²) in [4.78, 5) is 16.5. The molecule has 5 heteroatoms. The number of amides is 1. The largest absolute Gasteiger partial charge is 0.496 e. The van der Waals surface area contributed by atoms with E-state index in [1.807, 2.05) is 60.7 Å².